The fourth-order valence-electron chi connectivity index (χ4n) is 5.59. The molecule has 0 spiro atoms. The Balaban J connectivity index is 1.49. The first-order chi connectivity index (χ1) is 22.0. The highest BCUT2D eigenvalue weighted by molar-refractivity contribution is 5.94. The number of rotatable bonds is 5. The molecule has 3 aliphatic rings. The van der Waals surface area contributed by atoms with Gasteiger partial charge in [-0.2, -0.15) is 0 Å². The second-order valence-corrected chi connectivity index (χ2v) is 12.4. The Morgan fingerprint density at radius 2 is 1.59 bits per heavy atom. The number of halogens is 1. The lowest BCUT2D eigenvalue weighted by molar-refractivity contribution is -0.145. The summed E-state index contributed by atoms with van der Waals surface area (Å²) in [7, 11) is 0. The van der Waals surface area contributed by atoms with Crippen molar-refractivity contribution in [1.82, 2.24) is 20.9 Å². The summed E-state index contributed by atoms with van der Waals surface area (Å²) in [6.07, 6.45) is -0.173. The molecule has 0 aliphatic carbocycles. The minimum Gasteiger partial charge on any atom is -0.454 e. The Morgan fingerprint density at radius 1 is 0.913 bits per heavy atom. The predicted octanol–water partition coefficient (Wildman–Crippen LogP) is 2.66. The second kappa shape index (κ2) is 14.6. The number of ether oxygens (including phenoxy) is 1. The van der Waals surface area contributed by atoms with Gasteiger partial charge in [-0.25, -0.2) is 4.39 Å². The van der Waals surface area contributed by atoms with Crippen LogP contribution in [0.3, 0.4) is 0 Å². The van der Waals surface area contributed by atoms with Crippen molar-refractivity contribution in [2.75, 3.05) is 13.1 Å². The van der Waals surface area contributed by atoms with Gasteiger partial charge in [0, 0.05) is 25.9 Å². The number of hydrogen-bond acceptors (Lipinski definition) is 6. The Morgan fingerprint density at radius 3 is 2.26 bits per heavy atom. The molecule has 1 saturated heterocycles. The third kappa shape index (κ3) is 8.48. The van der Waals surface area contributed by atoms with Crippen molar-refractivity contribution in [3.8, 4) is 11.5 Å². The van der Waals surface area contributed by atoms with Crippen molar-refractivity contribution in [2.24, 2.45) is 5.92 Å². The molecule has 3 aromatic rings. The minimum atomic E-state index is -1.02. The standard InChI is InChI=1S/C35H39FN4O6/c1-21(2)14-28-33(43)39-30(35(45)40-19-25(41)20-40)16-23-8-11-26(12-9-23)46-31-17-24(10-13-27(31)36)18-32(42)37-29(34(44)38-28)15-22-6-4-3-5-7-22/h3-13,17,21,25,28-30,41H,14-16,18-20H2,1-2H3,(H,37,42)(H,38,44)(H,39,43)/t28-,29+,30-/m0/s1. The lowest BCUT2D eigenvalue weighted by Gasteiger charge is -2.38. The van der Waals surface area contributed by atoms with Crippen LogP contribution in [0.4, 0.5) is 4.39 Å². The van der Waals surface area contributed by atoms with Gasteiger partial charge in [-0.3, -0.25) is 19.2 Å². The van der Waals surface area contributed by atoms with Crippen LogP contribution < -0.4 is 20.7 Å². The Hall–Kier alpha value is -4.77. The number of aliphatic hydroxyl groups is 1. The van der Waals surface area contributed by atoms with Crippen molar-refractivity contribution in [3.05, 3.63) is 95.3 Å². The number of nitrogens with one attached hydrogen (secondary N) is 3. The van der Waals surface area contributed by atoms with Crippen molar-refractivity contribution < 1.29 is 33.4 Å². The van der Waals surface area contributed by atoms with Crippen molar-refractivity contribution in [2.45, 2.75) is 63.8 Å². The van der Waals surface area contributed by atoms with Crippen LogP contribution in [0, 0.1) is 11.7 Å². The van der Waals surface area contributed by atoms with Crippen molar-refractivity contribution in [1.29, 1.82) is 0 Å². The first-order valence-corrected chi connectivity index (χ1v) is 15.5. The van der Waals surface area contributed by atoms with E-state index in [0.29, 0.717) is 16.9 Å². The van der Waals surface area contributed by atoms with Gasteiger partial charge in [-0.15, -0.1) is 0 Å². The molecule has 1 fully saturated rings. The van der Waals surface area contributed by atoms with Crippen LogP contribution in [0.15, 0.2) is 72.8 Å². The molecular formula is C35H39FN4O6. The molecule has 0 radical (unpaired) electrons. The topological polar surface area (TPSA) is 137 Å². The Bertz CT molecular complexity index is 1560. The molecule has 4 amide bonds. The van der Waals surface area contributed by atoms with E-state index in [1.54, 1.807) is 24.3 Å². The number of amides is 4. The first kappa shape index (κ1) is 32.6. The molecule has 4 N–H and O–H groups in total. The quantitative estimate of drug-likeness (QED) is 0.320. The minimum absolute atomic E-state index is 0.0136. The molecule has 10 nitrogen and oxygen atoms in total. The average Bonchev–Trinajstić information content (AvgIpc) is 3.00. The van der Waals surface area contributed by atoms with Gasteiger partial charge in [-0.05, 0) is 53.3 Å². The summed E-state index contributed by atoms with van der Waals surface area (Å²) in [5, 5.41) is 18.3. The summed E-state index contributed by atoms with van der Waals surface area (Å²) < 4.78 is 20.5. The number of fused-ring (bicyclic) bond motifs is 12. The van der Waals surface area contributed by atoms with Gasteiger partial charge in [-0.1, -0.05) is 62.4 Å². The summed E-state index contributed by atoms with van der Waals surface area (Å²) in [5.41, 5.74) is 1.99. The van der Waals surface area contributed by atoms with Gasteiger partial charge in [0.15, 0.2) is 11.6 Å². The van der Waals surface area contributed by atoms with E-state index in [9.17, 15) is 28.7 Å². The third-order valence-corrected chi connectivity index (χ3v) is 8.01. The second-order valence-electron chi connectivity index (χ2n) is 12.4. The predicted molar refractivity (Wildman–Crippen MR) is 168 cm³/mol. The third-order valence-electron chi connectivity index (χ3n) is 8.01. The van der Waals surface area contributed by atoms with Gasteiger partial charge in [0.05, 0.1) is 12.5 Å². The van der Waals surface area contributed by atoms with Gasteiger partial charge in [0.2, 0.25) is 23.6 Å². The van der Waals surface area contributed by atoms with Crippen LogP contribution in [0.25, 0.3) is 0 Å². The van der Waals surface area contributed by atoms with Crippen LogP contribution in [-0.2, 0) is 38.4 Å². The molecule has 6 rings (SSSR count). The average molecular weight is 631 g/mol. The maximum Gasteiger partial charge on any atom is 0.245 e. The highest BCUT2D eigenvalue weighted by Crippen LogP contribution is 2.27. The van der Waals surface area contributed by atoms with Gasteiger partial charge < -0.3 is 30.7 Å². The van der Waals surface area contributed by atoms with Gasteiger partial charge >= 0.3 is 0 Å². The van der Waals surface area contributed by atoms with Crippen molar-refractivity contribution in [3.63, 3.8) is 0 Å². The summed E-state index contributed by atoms with van der Waals surface area (Å²) in [4.78, 5) is 55.7. The molecule has 4 bridgehead atoms. The van der Waals surface area contributed by atoms with Crippen LogP contribution >= 0.6 is 0 Å². The molecular weight excluding hydrogens is 591 g/mol. The van der Waals surface area contributed by atoms with E-state index < -0.39 is 47.8 Å². The summed E-state index contributed by atoms with van der Waals surface area (Å²) in [5.74, 6) is -2.23. The number of aliphatic hydroxyl groups excluding tert-OH is 1. The number of likely N-dealkylation sites (tertiary alicyclic amines) is 1. The zero-order valence-electron chi connectivity index (χ0n) is 25.9. The molecule has 3 heterocycles. The van der Waals surface area contributed by atoms with Crippen LogP contribution in [0.5, 0.6) is 11.5 Å². The molecule has 11 heteroatoms. The number of carbonyl (C=O) groups is 4. The summed E-state index contributed by atoms with van der Waals surface area (Å²) in [6.45, 7) is 4.16. The van der Waals surface area contributed by atoms with Gasteiger partial charge in [0.1, 0.15) is 23.9 Å². The molecule has 242 valence electrons. The smallest absolute Gasteiger partial charge is 0.245 e. The number of carbonyl (C=O) groups excluding carboxylic acids is 4. The van der Waals surface area contributed by atoms with E-state index >= 15 is 0 Å². The van der Waals surface area contributed by atoms with E-state index in [-0.39, 0.29) is 56.3 Å². The molecule has 3 atom stereocenters. The largest absolute Gasteiger partial charge is 0.454 e. The van der Waals surface area contributed by atoms with E-state index in [1.165, 1.54) is 23.1 Å². The maximum atomic E-state index is 14.7. The fraction of sp³-hybridized carbons (Fsp3) is 0.371. The lowest BCUT2D eigenvalue weighted by Crippen LogP contribution is -2.62. The van der Waals surface area contributed by atoms with E-state index in [4.69, 9.17) is 4.74 Å². The van der Waals surface area contributed by atoms with Crippen LogP contribution in [0.2, 0.25) is 0 Å². The van der Waals surface area contributed by atoms with E-state index in [1.807, 2.05) is 44.2 Å². The Kier molecular flexibility index (Phi) is 10.3. The zero-order valence-corrected chi connectivity index (χ0v) is 25.9. The molecule has 3 aromatic carbocycles. The summed E-state index contributed by atoms with van der Waals surface area (Å²) >= 11 is 0. The highest BCUT2D eigenvalue weighted by atomic mass is 19.1. The van der Waals surface area contributed by atoms with Crippen molar-refractivity contribution >= 4 is 23.6 Å². The number of hydrogen-bond donors (Lipinski definition) is 4. The Labute approximate surface area is 267 Å². The maximum absolute atomic E-state index is 14.7. The lowest BCUT2D eigenvalue weighted by atomic mass is 9.99. The van der Waals surface area contributed by atoms with Crippen LogP contribution in [-0.4, -0.2) is 71.0 Å². The highest BCUT2D eigenvalue weighted by Gasteiger charge is 2.36. The normalized spacial score (nSPS) is 21.2. The fourth-order valence-corrected chi connectivity index (χ4v) is 5.59. The van der Waals surface area contributed by atoms with Gasteiger partial charge in [0.25, 0.3) is 0 Å². The first-order valence-electron chi connectivity index (χ1n) is 15.5. The summed E-state index contributed by atoms with van der Waals surface area (Å²) in [6, 6.07) is 17.0. The van der Waals surface area contributed by atoms with E-state index in [2.05, 4.69) is 16.0 Å². The molecule has 3 aliphatic heterocycles. The molecule has 46 heavy (non-hydrogen) atoms. The zero-order chi connectivity index (χ0) is 32.8. The monoisotopic (exact) mass is 630 g/mol. The molecule has 0 aromatic heterocycles. The van der Waals surface area contributed by atoms with E-state index in [0.717, 1.165) is 5.56 Å². The van der Waals surface area contributed by atoms with Crippen LogP contribution in [0.1, 0.15) is 37.0 Å². The molecule has 0 unspecified atom stereocenters. The SMILES string of the molecule is CC(C)C[C@@H]1NC(=O)[C@@H](Cc2ccccc2)NC(=O)Cc2ccc(F)c(c2)Oc2ccc(cc2)C[C@@H](C(=O)N2CC(O)C2)NC1=O. The molecule has 0 saturated carbocycles. The number of β-amino-alcohol motifs (C(OH)–C–C–N with tert-alkyl or cyclic N) is 1. The number of nitrogens with zero attached hydrogens (tertiary/aromatic N) is 1. The number of benzene rings is 3.